The van der Waals surface area contributed by atoms with Crippen molar-refractivity contribution in [3.8, 4) is 0 Å². The quantitative estimate of drug-likeness (QED) is 0.706. The molecule has 130 valence electrons. The number of hydrogen-bond donors (Lipinski definition) is 2. The summed E-state index contributed by atoms with van der Waals surface area (Å²) in [5, 5.41) is 16.3. The zero-order valence-corrected chi connectivity index (χ0v) is 13.4. The predicted octanol–water partition coefficient (Wildman–Crippen LogP) is 4.33. The fraction of sp³-hybridized carbons (Fsp3) is 0.143. The summed E-state index contributed by atoms with van der Waals surface area (Å²) < 4.78 is 43.6. The van der Waals surface area contributed by atoms with Crippen LogP contribution < -0.4 is 10.6 Å². The molecular formula is C14H10ClF3N6O. The van der Waals surface area contributed by atoms with Crippen LogP contribution >= 0.6 is 11.6 Å². The standard InChI is InChI=1S/C14H10ClF3N6O/c1-7-4-11(24-25-7)21-13-22-12(6-19-23-13)20-8-2-3-10(15)9(5-8)14(16,17)18/h2-6H,1H3,(H2,20,21,22,23,24). The summed E-state index contributed by atoms with van der Waals surface area (Å²) in [7, 11) is 0. The molecule has 0 radical (unpaired) electrons. The largest absolute Gasteiger partial charge is 0.417 e. The molecule has 2 aromatic heterocycles. The van der Waals surface area contributed by atoms with E-state index < -0.39 is 11.7 Å². The van der Waals surface area contributed by atoms with Crippen molar-refractivity contribution >= 4 is 34.9 Å². The Labute approximate surface area is 144 Å². The van der Waals surface area contributed by atoms with Crippen LogP contribution in [0.15, 0.2) is 35.0 Å². The minimum absolute atomic E-state index is 0.100. The van der Waals surface area contributed by atoms with Gasteiger partial charge in [-0.25, -0.2) is 0 Å². The van der Waals surface area contributed by atoms with Gasteiger partial charge in [-0.2, -0.15) is 23.3 Å². The summed E-state index contributed by atoms with van der Waals surface area (Å²) in [6.07, 6.45) is -3.29. The number of aryl methyl sites for hydroxylation is 1. The van der Waals surface area contributed by atoms with Crippen molar-refractivity contribution in [1.82, 2.24) is 20.3 Å². The Hall–Kier alpha value is -2.88. The predicted molar refractivity (Wildman–Crippen MR) is 84.1 cm³/mol. The van der Waals surface area contributed by atoms with Crippen LogP contribution in [0.25, 0.3) is 0 Å². The van der Waals surface area contributed by atoms with Crippen LogP contribution in [0.5, 0.6) is 0 Å². The third-order valence-electron chi connectivity index (χ3n) is 2.97. The van der Waals surface area contributed by atoms with Gasteiger partial charge in [0.25, 0.3) is 0 Å². The van der Waals surface area contributed by atoms with E-state index in [0.717, 1.165) is 12.1 Å². The van der Waals surface area contributed by atoms with Gasteiger partial charge in [0.05, 0.1) is 16.8 Å². The van der Waals surface area contributed by atoms with Crippen LogP contribution in [0.2, 0.25) is 5.02 Å². The second kappa shape index (κ2) is 6.55. The highest BCUT2D eigenvalue weighted by atomic mass is 35.5. The fourth-order valence-corrected chi connectivity index (χ4v) is 2.15. The van der Waals surface area contributed by atoms with Gasteiger partial charge in [0.15, 0.2) is 11.6 Å². The Morgan fingerprint density at radius 1 is 1.12 bits per heavy atom. The van der Waals surface area contributed by atoms with E-state index in [4.69, 9.17) is 16.1 Å². The van der Waals surface area contributed by atoms with Crippen molar-refractivity contribution in [2.24, 2.45) is 0 Å². The van der Waals surface area contributed by atoms with Crippen LogP contribution in [-0.4, -0.2) is 20.3 Å². The van der Waals surface area contributed by atoms with Gasteiger partial charge in [-0.15, -0.1) is 5.10 Å². The van der Waals surface area contributed by atoms with E-state index in [9.17, 15) is 13.2 Å². The molecule has 0 bridgehead atoms. The Morgan fingerprint density at radius 3 is 2.60 bits per heavy atom. The van der Waals surface area contributed by atoms with Crippen molar-refractivity contribution in [1.29, 1.82) is 0 Å². The number of nitrogens with one attached hydrogen (secondary N) is 2. The smallest absolute Gasteiger partial charge is 0.360 e. The summed E-state index contributed by atoms with van der Waals surface area (Å²) in [4.78, 5) is 4.10. The number of benzene rings is 1. The van der Waals surface area contributed by atoms with Gasteiger partial charge < -0.3 is 15.2 Å². The molecule has 0 spiro atoms. The lowest BCUT2D eigenvalue weighted by Crippen LogP contribution is -2.07. The molecule has 0 fully saturated rings. The van der Waals surface area contributed by atoms with Crippen molar-refractivity contribution in [3.63, 3.8) is 0 Å². The highest BCUT2D eigenvalue weighted by Gasteiger charge is 2.33. The fourth-order valence-electron chi connectivity index (χ4n) is 1.92. The van der Waals surface area contributed by atoms with Crippen LogP contribution in [0.4, 0.5) is 36.4 Å². The molecule has 3 rings (SSSR count). The van der Waals surface area contributed by atoms with E-state index in [-0.39, 0.29) is 22.5 Å². The normalized spacial score (nSPS) is 11.4. The van der Waals surface area contributed by atoms with Crippen LogP contribution in [0.1, 0.15) is 11.3 Å². The molecule has 0 saturated carbocycles. The molecular weight excluding hydrogens is 361 g/mol. The van der Waals surface area contributed by atoms with Crippen molar-refractivity contribution in [2.75, 3.05) is 10.6 Å². The molecule has 3 aromatic rings. The van der Waals surface area contributed by atoms with Gasteiger partial charge in [0.2, 0.25) is 5.95 Å². The summed E-state index contributed by atoms with van der Waals surface area (Å²) >= 11 is 5.59. The topological polar surface area (TPSA) is 88.8 Å². The highest BCUT2D eigenvalue weighted by molar-refractivity contribution is 6.31. The number of halogens is 4. The van der Waals surface area contributed by atoms with Crippen molar-refractivity contribution < 1.29 is 17.7 Å². The number of alkyl halides is 3. The number of nitrogens with zero attached hydrogens (tertiary/aromatic N) is 4. The molecule has 0 unspecified atom stereocenters. The molecule has 0 atom stereocenters. The number of anilines is 4. The van der Waals surface area contributed by atoms with Crippen molar-refractivity contribution in [2.45, 2.75) is 13.1 Å². The second-order valence-corrected chi connectivity index (χ2v) is 5.34. The van der Waals surface area contributed by atoms with Gasteiger partial charge in [0.1, 0.15) is 5.76 Å². The molecule has 2 N–H and O–H groups in total. The lowest BCUT2D eigenvalue weighted by Gasteiger charge is -2.12. The minimum atomic E-state index is -4.56. The minimum Gasteiger partial charge on any atom is -0.360 e. The highest BCUT2D eigenvalue weighted by Crippen LogP contribution is 2.36. The van der Waals surface area contributed by atoms with Gasteiger partial charge in [0, 0.05) is 11.8 Å². The second-order valence-electron chi connectivity index (χ2n) is 4.93. The van der Waals surface area contributed by atoms with Gasteiger partial charge in [-0.05, 0) is 25.1 Å². The van der Waals surface area contributed by atoms with E-state index in [1.165, 1.54) is 12.3 Å². The van der Waals surface area contributed by atoms with E-state index in [1.54, 1.807) is 13.0 Å². The molecule has 7 nitrogen and oxygen atoms in total. The summed E-state index contributed by atoms with van der Waals surface area (Å²) in [6, 6.07) is 5.06. The molecule has 1 aromatic carbocycles. The first-order chi connectivity index (χ1) is 11.8. The number of aromatic nitrogens is 4. The summed E-state index contributed by atoms with van der Waals surface area (Å²) in [6.45, 7) is 1.72. The van der Waals surface area contributed by atoms with Crippen LogP contribution in [0, 0.1) is 6.92 Å². The molecule has 0 saturated heterocycles. The maximum atomic E-state index is 12.9. The molecule has 0 aliphatic heterocycles. The van der Waals surface area contributed by atoms with E-state index >= 15 is 0 Å². The SMILES string of the molecule is Cc1cc(Nc2nncc(Nc3ccc(Cl)c(C(F)(F)F)c3)n2)no1. The Balaban J connectivity index is 1.80. The molecule has 0 aliphatic rings. The third kappa shape index (κ3) is 4.15. The van der Waals surface area contributed by atoms with Gasteiger partial charge >= 0.3 is 6.18 Å². The Bertz CT molecular complexity index is 898. The van der Waals surface area contributed by atoms with Gasteiger partial charge in [-0.3, -0.25) is 0 Å². The Kier molecular flexibility index (Phi) is 4.45. The summed E-state index contributed by atoms with van der Waals surface area (Å²) in [5.41, 5.74) is -0.793. The maximum absolute atomic E-state index is 12.9. The number of hydrogen-bond acceptors (Lipinski definition) is 7. The van der Waals surface area contributed by atoms with E-state index in [1.807, 2.05) is 0 Å². The molecule has 25 heavy (non-hydrogen) atoms. The first kappa shape index (κ1) is 17.0. The van der Waals surface area contributed by atoms with Crippen LogP contribution in [-0.2, 0) is 6.18 Å². The first-order valence-corrected chi connectivity index (χ1v) is 7.23. The molecule has 0 amide bonds. The number of rotatable bonds is 4. The average molecular weight is 371 g/mol. The van der Waals surface area contributed by atoms with E-state index in [0.29, 0.717) is 11.6 Å². The molecule has 0 aliphatic carbocycles. The molecule has 2 heterocycles. The lowest BCUT2D eigenvalue weighted by molar-refractivity contribution is -0.137. The Morgan fingerprint density at radius 2 is 1.92 bits per heavy atom. The monoisotopic (exact) mass is 370 g/mol. The van der Waals surface area contributed by atoms with Crippen LogP contribution in [0.3, 0.4) is 0 Å². The average Bonchev–Trinajstić information content (AvgIpc) is 2.93. The zero-order chi connectivity index (χ0) is 18.0. The van der Waals surface area contributed by atoms with Gasteiger partial charge in [-0.1, -0.05) is 16.8 Å². The maximum Gasteiger partial charge on any atom is 0.417 e. The lowest BCUT2D eigenvalue weighted by atomic mass is 10.2. The molecule has 11 heteroatoms. The third-order valence-corrected chi connectivity index (χ3v) is 3.30. The first-order valence-electron chi connectivity index (χ1n) is 6.85. The summed E-state index contributed by atoms with van der Waals surface area (Å²) in [5.74, 6) is 1.25. The van der Waals surface area contributed by atoms with Crippen molar-refractivity contribution in [3.05, 3.63) is 46.8 Å². The van der Waals surface area contributed by atoms with E-state index in [2.05, 4.69) is 31.0 Å². The zero-order valence-electron chi connectivity index (χ0n) is 12.6.